The SMILES string of the molecule is Cc1ccccc1S(=O)(=O)N1CCCC1CC(C)O. The van der Waals surface area contributed by atoms with Crippen LogP contribution in [0.1, 0.15) is 31.7 Å². The van der Waals surface area contributed by atoms with Gasteiger partial charge >= 0.3 is 0 Å². The maximum Gasteiger partial charge on any atom is 0.243 e. The largest absolute Gasteiger partial charge is 0.393 e. The van der Waals surface area contributed by atoms with Crippen LogP contribution >= 0.6 is 0 Å². The van der Waals surface area contributed by atoms with Crippen LogP contribution in [-0.2, 0) is 10.0 Å². The molecular weight excluding hydrogens is 262 g/mol. The predicted octanol–water partition coefficient (Wildman–Crippen LogP) is 1.92. The van der Waals surface area contributed by atoms with E-state index < -0.39 is 16.1 Å². The van der Waals surface area contributed by atoms with Crippen molar-refractivity contribution in [3.05, 3.63) is 29.8 Å². The van der Waals surface area contributed by atoms with Gasteiger partial charge in [0.15, 0.2) is 0 Å². The molecule has 1 N–H and O–H groups in total. The second kappa shape index (κ2) is 5.61. The van der Waals surface area contributed by atoms with Gasteiger partial charge in [-0.2, -0.15) is 4.31 Å². The van der Waals surface area contributed by atoms with Crippen LogP contribution in [-0.4, -0.2) is 36.5 Å². The molecule has 0 aliphatic carbocycles. The molecule has 1 fully saturated rings. The van der Waals surface area contributed by atoms with Crippen molar-refractivity contribution in [2.75, 3.05) is 6.54 Å². The van der Waals surface area contributed by atoms with E-state index in [0.717, 1.165) is 18.4 Å². The van der Waals surface area contributed by atoms with Crippen LogP contribution in [0.25, 0.3) is 0 Å². The number of benzene rings is 1. The second-order valence-electron chi connectivity index (χ2n) is 5.26. The quantitative estimate of drug-likeness (QED) is 0.918. The number of nitrogens with zero attached hydrogens (tertiary/aromatic N) is 1. The van der Waals surface area contributed by atoms with E-state index >= 15 is 0 Å². The molecule has 1 aromatic carbocycles. The van der Waals surface area contributed by atoms with Crippen molar-refractivity contribution in [3.63, 3.8) is 0 Å². The number of aliphatic hydroxyl groups excluding tert-OH is 1. The molecule has 0 radical (unpaired) electrons. The molecule has 106 valence electrons. The van der Waals surface area contributed by atoms with Crippen LogP contribution < -0.4 is 0 Å². The van der Waals surface area contributed by atoms with Crippen LogP contribution in [0.5, 0.6) is 0 Å². The third kappa shape index (κ3) is 2.99. The van der Waals surface area contributed by atoms with Crippen LogP contribution in [0.15, 0.2) is 29.2 Å². The van der Waals surface area contributed by atoms with Gasteiger partial charge in [0.2, 0.25) is 10.0 Å². The van der Waals surface area contributed by atoms with E-state index in [0.29, 0.717) is 17.9 Å². The Kier molecular flexibility index (Phi) is 4.28. The predicted molar refractivity (Wildman–Crippen MR) is 74.4 cm³/mol. The first-order chi connectivity index (χ1) is 8.93. The Morgan fingerprint density at radius 2 is 2.11 bits per heavy atom. The Balaban J connectivity index is 2.32. The summed E-state index contributed by atoms with van der Waals surface area (Å²) in [6.07, 6.45) is 1.72. The summed E-state index contributed by atoms with van der Waals surface area (Å²) >= 11 is 0. The third-order valence-electron chi connectivity index (χ3n) is 3.62. The minimum absolute atomic E-state index is 0.0791. The van der Waals surface area contributed by atoms with Crippen molar-refractivity contribution in [2.24, 2.45) is 0 Å². The molecule has 1 aliphatic heterocycles. The normalized spacial score (nSPS) is 22.6. The van der Waals surface area contributed by atoms with Gasteiger partial charge < -0.3 is 5.11 Å². The lowest BCUT2D eigenvalue weighted by molar-refractivity contribution is 0.158. The molecule has 0 amide bonds. The standard InChI is InChI=1S/C14H21NO3S/c1-11-6-3-4-8-14(11)19(17,18)15-9-5-7-13(15)10-12(2)16/h3-4,6,8,12-13,16H,5,7,9-10H2,1-2H3. The van der Waals surface area contributed by atoms with Crippen molar-refractivity contribution in [3.8, 4) is 0 Å². The average molecular weight is 283 g/mol. The summed E-state index contributed by atoms with van der Waals surface area (Å²) in [7, 11) is -3.44. The van der Waals surface area contributed by atoms with E-state index in [1.165, 1.54) is 0 Å². The Labute approximate surface area is 115 Å². The summed E-state index contributed by atoms with van der Waals surface area (Å²) in [5, 5.41) is 9.50. The number of aliphatic hydroxyl groups is 1. The average Bonchev–Trinajstić information content (AvgIpc) is 2.77. The van der Waals surface area contributed by atoms with E-state index in [1.807, 2.05) is 19.1 Å². The zero-order valence-electron chi connectivity index (χ0n) is 11.4. The molecule has 5 heteroatoms. The molecule has 0 aromatic heterocycles. The maximum atomic E-state index is 12.7. The summed E-state index contributed by atoms with van der Waals surface area (Å²) in [6.45, 7) is 4.07. The van der Waals surface area contributed by atoms with Gasteiger partial charge in [-0.15, -0.1) is 0 Å². The van der Waals surface area contributed by atoms with Crippen molar-refractivity contribution in [2.45, 2.75) is 50.2 Å². The first-order valence-electron chi connectivity index (χ1n) is 6.68. The molecular formula is C14H21NO3S. The topological polar surface area (TPSA) is 57.6 Å². The Morgan fingerprint density at radius 3 is 2.74 bits per heavy atom. The lowest BCUT2D eigenvalue weighted by atomic mass is 10.1. The lowest BCUT2D eigenvalue weighted by Crippen LogP contribution is -2.37. The van der Waals surface area contributed by atoms with E-state index in [4.69, 9.17) is 0 Å². The summed E-state index contributed by atoms with van der Waals surface area (Å²) in [6, 6.07) is 6.98. The summed E-state index contributed by atoms with van der Waals surface area (Å²) in [5.41, 5.74) is 0.769. The molecule has 1 aromatic rings. The van der Waals surface area contributed by atoms with Crippen LogP contribution in [0, 0.1) is 6.92 Å². The highest BCUT2D eigenvalue weighted by Crippen LogP contribution is 2.29. The number of sulfonamides is 1. The van der Waals surface area contributed by atoms with Gasteiger partial charge in [-0.05, 0) is 44.7 Å². The van der Waals surface area contributed by atoms with Crippen LogP contribution in [0.3, 0.4) is 0 Å². The summed E-state index contributed by atoms with van der Waals surface area (Å²) in [5.74, 6) is 0. The highest BCUT2D eigenvalue weighted by atomic mass is 32.2. The third-order valence-corrected chi connectivity index (χ3v) is 5.73. The fraction of sp³-hybridized carbons (Fsp3) is 0.571. The fourth-order valence-corrected chi connectivity index (χ4v) is 4.66. The van der Waals surface area contributed by atoms with Gasteiger partial charge in [0.05, 0.1) is 11.0 Å². The molecule has 19 heavy (non-hydrogen) atoms. The van der Waals surface area contributed by atoms with Gasteiger partial charge in [-0.3, -0.25) is 0 Å². The molecule has 2 unspecified atom stereocenters. The maximum absolute atomic E-state index is 12.7. The first kappa shape index (κ1) is 14.5. The van der Waals surface area contributed by atoms with Crippen molar-refractivity contribution >= 4 is 10.0 Å². The van der Waals surface area contributed by atoms with Crippen molar-refractivity contribution in [1.29, 1.82) is 0 Å². The molecule has 2 atom stereocenters. The number of hydrogen-bond acceptors (Lipinski definition) is 3. The molecule has 0 saturated carbocycles. The van der Waals surface area contributed by atoms with Crippen LogP contribution in [0.4, 0.5) is 0 Å². The summed E-state index contributed by atoms with van der Waals surface area (Å²) < 4.78 is 26.9. The van der Waals surface area contributed by atoms with Gasteiger partial charge in [-0.1, -0.05) is 18.2 Å². The Morgan fingerprint density at radius 1 is 1.42 bits per heavy atom. The van der Waals surface area contributed by atoms with Crippen LogP contribution in [0.2, 0.25) is 0 Å². The monoisotopic (exact) mass is 283 g/mol. The van der Waals surface area contributed by atoms with Crippen molar-refractivity contribution < 1.29 is 13.5 Å². The van der Waals surface area contributed by atoms with Crippen molar-refractivity contribution in [1.82, 2.24) is 4.31 Å². The molecule has 2 rings (SSSR count). The first-order valence-corrected chi connectivity index (χ1v) is 8.12. The van der Waals surface area contributed by atoms with Gasteiger partial charge in [0.25, 0.3) is 0 Å². The van der Waals surface area contributed by atoms with E-state index in [-0.39, 0.29) is 6.04 Å². The summed E-state index contributed by atoms with van der Waals surface area (Å²) in [4.78, 5) is 0.382. The van der Waals surface area contributed by atoms with E-state index in [1.54, 1.807) is 23.4 Å². The van der Waals surface area contributed by atoms with E-state index in [2.05, 4.69) is 0 Å². The molecule has 1 saturated heterocycles. The number of aryl methyl sites for hydroxylation is 1. The highest BCUT2D eigenvalue weighted by Gasteiger charge is 2.36. The lowest BCUT2D eigenvalue weighted by Gasteiger charge is -2.25. The zero-order chi connectivity index (χ0) is 14.0. The Hall–Kier alpha value is -0.910. The second-order valence-corrected chi connectivity index (χ2v) is 7.12. The molecule has 4 nitrogen and oxygen atoms in total. The molecule has 0 bridgehead atoms. The smallest absolute Gasteiger partial charge is 0.243 e. The number of hydrogen-bond donors (Lipinski definition) is 1. The molecule has 0 spiro atoms. The fourth-order valence-electron chi connectivity index (χ4n) is 2.73. The van der Waals surface area contributed by atoms with E-state index in [9.17, 15) is 13.5 Å². The van der Waals surface area contributed by atoms with Gasteiger partial charge in [0.1, 0.15) is 0 Å². The minimum atomic E-state index is -3.44. The van der Waals surface area contributed by atoms with Gasteiger partial charge in [-0.25, -0.2) is 8.42 Å². The number of rotatable bonds is 4. The highest BCUT2D eigenvalue weighted by molar-refractivity contribution is 7.89. The molecule has 1 aliphatic rings. The zero-order valence-corrected chi connectivity index (χ0v) is 12.2. The van der Waals surface area contributed by atoms with Gasteiger partial charge in [0, 0.05) is 12.6 Å². The molecule has 1 heterocycles. The Bertz CT molecular complexity index is 539. The minimum Gasteiger partial charge on any atom is -0.393 e.